The fourth-order valence-electron chi connectivity index (χ4n) is 4.59. The highest BCUT2D eigenvalue weighted by molar-refractivity contribution is 6.08. The van der Waals surface area contributed by atoms with Crippen molar-refractivity contribution in [3.63, 3.8) is 0 Å². The number of hydrogen-bond acceptors (Lipinski definition) is 3. The van der Waals surface area contributed by atoms with Crippen molar-refractivity contribution in [2.45, 2.75) is 58.5 Å². The molecule has 2 aromatic rings. The van der Waals surface area contributed by atoms with Crippen molar-refractivity contribution in [3.05, 3.63) is 59.2 Å². The normalized spacial score (nSPS) is 18.7. The monoisotopic (exact) mass is 405 g/mol. The second-order valence-electron chi connectivity index (χ2n) is 8.58. The Balaban J connectivity index is 1.60. The smallest absolute Gasteiger partial charge is 0.257 e. The second-order valence-corrected chi connectivity index (χ2v) is 8.58. The molecule has 0 radical (unpaired) electrons. The van der Waals surface area contributed by atoms with E-state index in [2.05, 4.69) is 31.0 Å². The number of anilines is 2. The Morgan fingerprint density at radius 3 is 2.57 bits per heavy atom. The van der Waals surface area contributed by atoms with Crippen molar-refractivity contribution >= 4 is 23.2 Å². The molecule has 1 N–H and O–H groups in total. The van der Waals surface area contributed by atoms with Gasteiger partial charge in [0.25, 0.3) is 11.8 Å². The van der Waals surface area contributed by atoms with Crippen LogP contribution < -0.4 is 10.2 Å². The standard InChI is InChI=1S/C25H31N3O2/c1-4-27-22-16-19(24(29)26-20-12-9-18(10-13-20)17(2)3)11-14-21(22)25(30)28-15-7-5-6-8-23(27)28/h9-14,16-17,23H,4-8,15H2,1-3H3,(H,26,29)/t23-/m1/s1. The van der Waals surface area contributed by atoms with Crippen LogP contribution >= 0.6 is 0 Å². The summed E-state index contributed by atoms with van der Waals surface area (Å²) >= 11 is 0. The molecule has 2 aliphatic rings. The molecule has 2 amide bonds. The highest BCUT2D eigenvalue weighted by Crippen LogP contribution is 2.35. The number of carbonyl (C=O) groups is 2. The summed E-state index contributed by atoms with van der Waals surface area (Å²) in [4.78, 5) is 30.3. The molecule has 0 spiro atoms. The molecule has 1 saturated heterocycles. The molecular weight excluding hydrogens is 374 g/mol. The summed E-state index contributed by atoms with van der Waals surface area (Å²) in [6, 6.07) is 13.4. The van der Waals surface area contributed by atoms with Gasteiger partial charge in [0.15, 0.2) is 0 Å². The molecule has 0 aliphatic carbocycles. The van der Waals surface area contributed by atoms with Crippen LogP contribution in [0, 0.1) is 0 Å². The lowest BCUT2D eigenvalue weighted by Gasteiger charge is -2.44. The van der Waals surface area contributed by atoms with Crippen LogP contribution in [0.15, 0.2) is 42.5 Å². The molecule has 30 heavy (non-hydrogen) atoms. The topological polar surface area (TPSA) is 52.7 Å². The van der Waals surface area contributed by atoms with Crippen molar-refractivity contribution in [1.82, 2.24) is 4.90 Å². The maximum absolute atomic E-state index is 13.1. The summed E-state index contributed by atoms with van der Waals surface area (Å²) in [6.07, 6.45) is 4.44. The van der Waals surface area contributed by atoms with Crippen molar-refractivity contribution in [1.29, 1.82) is 0 Å². The Kier molecular flexibility index (Phi) is 5.80. The summed E-state index contributed by atoms with van der Waals surface area (Å²) in [5.74, 6) is 0.399. The average molecular weight is 406 g/mol. The van der Waals surface area contributed by atoms with E-state index in [1.54, 1.807) is 6.07 Å². The first-order valence-corrected chi connectivity index (χ1v) is 11.1. The fraction of sp³-hybridized carbons (Fsp3) is 0.440. The summed E-state index contributed by atoms with van der Waals surface area (Å²) in [7, 11) is 0. The number of nitrogens with zero attached hydrogens (tertiary/aromatic N) is 2. The van der Waals surface area contributed by atoms with E-state index in [1.807, 2.05) is 41.3 Å². The zero-order valence-corrected chi connectivity index (χ0v) is 18.1. The minimum absolute atomic E-state index is 0.0952. The predicted octanol–water partition coefficient (Wildman–Crippen LogP) is 5.24. The fourth-order valence-corrected chi connectivity index (χ4v) is 4.59. The third-order valence-electron chi connectivity index (χ3n) is 6.32. The van der Waals surface area contributed by atoms with Crippen LogP contribution in [0.3, 0.4) is 0 Å². The lowest BCUT2D eigenvalue weighted by molar-refractivity contribution is 0.0656. The largest absolute Gasteiger partial charge is 0.351 e. The van der Waals surface area contributed by atoms with Gasteiger partial charge >= 0.3 is 0 Å². The summed E-state index contributed by atoms with van der Waals surface area (Å²) in [5.41, 5.74) is 4.18. The Hall–Kier alpha value is -2.82. The van der Waals surface area contributed by atoms with Crippen LogP contribution in [0.25, 0.3) is 0 Å². The molecular formula is C25H31N3O2. The van der Waals surface area contributed by atoms with E-state index in [0.717, 1.165) is 50.1 Å². The molecule has 2 heterocycles. The molecule has 2 aliphatic heterocycles. The highest BCUT2D eigenvalue weighted by atomic mass is 16.2. The van der Waals surface area contributed by atoms with E-state index in [4.69, 9.17) is 0 Å². The molecule has 0 unspecified atom stereocenters. The van der Waals surface area contributed by atoms with Crippen molar-refractivity contribution in [3.8, 4) is 0 Å². The van der Waals surface area contributed by atoms with E-state index in [-0.39, 0.29) is 18.0 Å². The van der Waals surface area contributed by atoms with Crippen molar-refractivity contribution < 1.29 is 9.59 Å². The van der Waals surface area contributed by atoms with Gasteiger partial charge in [0.2, 0.25) is 0 Å². The summed E-state index contributed by atoms with van der Waals surface area (Å²) < 4.78 is 0. The van der Waals surface area contributed by atoms with Gasteiger partial charge in [0.1, 0.15) is 6.17 Å². The zero-order valence-electron chi connectivity index (χ0n) is 18.1. The molecule has 0 bridgehead atoms. The number of nitrogens with one attached hydrogen (secondary N) is 1. The van der Waals surface area contributed by atoms with Crippen molar-refractivity contribution in [2.24, 2.45) is 0 Å². The van der Waals surface area contributed by atoms with Gasteiger partial charge in [0, 0.05) is 24.3 Å². The molecule has 0 aromatic heterocycles. The second kappa shape index (κ2) is 8.50. The van der Waals surface area contributed by atoms with Gasteiger partial charge in [-0.05, 0) is 68.0 Å². The number of carbonyl (C=O) groups excluding carboxylic acids is 2. The first-order chi connectivity index (χ1) is 14.5. The summed E-state index contributed by atoms with van der Waals surface area (Å²) in [5, 5.41) is 2.99. The molecule has 5 nitrogen and oxygen atoms in total. The molecule has 5 heteroatoms. The van der Waals surface area contributed by atoms with E-state index in [9.17, 15) is 9.59 Å². The van der Waals surface area contributed by atoms with Crippen molar-refractivity contribution in [2.75, 3.05) is 23.3 Å². The number of fused-ring (bicyclic) bond motifs is 2. The minimum atomic E-state index is -0.151. The maximum Gasteiger partial charge on any atom is 0.257 e. The van der Waals surface area contributed by atoms with Gasteiger partial charge in [-0.25, -0.2) is 0 Å². The Labute approximate surface area is 179 Å². The maximum atomic E-state index is 13.1. The third-order valence-corrected chi connectivity index (χ3v) is 6.32. The number of rotatable bonds is 4. The first-order valence-electron chi connectivity index (χ1n) is 11.1. The molecule has 158 valence electrons. The van der Waals surface area contributed by atoms with Crippen LogP contribution in [0.2, 0.25) is 0 Å². The molecule has 2 aromatic carbocycles. The van der Waals surface area contributed by atoms with Crippen LogP contribution in [0.1, 0.15) is 78.7 Å². The lowest BCUT2D eigenvalue weighted by atomic mass is 10.0. The lowest BCUT2D eigenvalue weighted by Crippen LogP contribution is -2.55. The van der Waals surface area contributed by atoms with E-state index in [0.29, 0.717) is 17.0 Å². The van der Waals surface area contributed by atoms with Gasteiger partial charge in [-0.2, -0.15) is 0 Å². The number of benzene rings is 2. The van der Waals surface area contributed by atoms with Gasteiger partial charge < -0.3 is 15.1 Å². The van der Waals surface area contributed by atoms with Gasteiger partial charge in [-0.1, -0.05) is 32.4 Å². The van der Waals surface area contributed by atoms with E-state index < -0.39 is 0 Å². The molecule has 1 fully saturated rings. The van der Waals surface area contributed by atoms with Crippen LogP contribution in [0.5, 0.6) is 0 Å². The Bertz CT molecular complexity index is 936. The van der Waals surface area contributed by atoms with Crippen LogP contribution in [0.4, 0.5) is 11.4 Å². The third kappa shape index (κ3) is 3.81. The predicted molar refractivity (Wildman–Crippen MR) is 121 cm³/mol. The average Bonchev–Trinajstić information content (AvgIpc) is 3.00. The van der Waals surface area contributed by atoms with Gasteiger partial charge in [0.05, 0.1) is 11.3 Å². The van der Waals surface area contributed by atoms with E-state index in [1.165, 1.54) is 5.56 Å². The van der Waals surface area contributed by atoms with Crippen LogP contribution in [-0.2, 0) is 0 Å². The quantitative estimate of drug-likeness (QED) is 0.756. The highest BCUT2D eigenvalue weighted by Gasteiger charge is 2.37. The van der Waals surface area contributed by atoms with E-state index >= 15 is 0 Å². The number of amides is 2. The molecule has 4 rings (SSSR count). The molecule has 1 atom stereocenters. The SMILES string of the molecule is CCN1c2cc(C(=O)Nc3ccc(C(C)C)cc3)ccc2C(=O)N2CCCCC[C@@H]21. The van der Waals surface area contributed by atoms with Crippen LogP contribution in [-0.4, -0.2) is 36.0 Å². The number of hydrogen-bond donors (Lipinski definition) is 1. The van der Waals surface area contributed by atoms with Gasteiger partial charge in [-0.3, -0.25) is 9.59 Å². The molecule has 0 saturated carbocycles. The van der Waals surface area contributed by atoms with Gasteiger partial charge in [-0.15, -0.1) is 0 Å². The zero-order chi connectivity index (χ0) is 21.3. The first kappa shape index (κ1) is 20.5. The Morgan fingerprint density at radius 2 is 1.87 bits per heavy atom. The summed E-state index contributed by atoms with van der Waals surface area (Å²) in [6.45, 7) is 8.04. The Morgan fingerprint density at radius 1 is 1.10 bits per heavy atom. The minimum Gasteiger partial charge on any atom is -0.351 e.